The highest BCUT2D eigenvalue weighted by Gasteiger charge is 2.26. The van der Waals surface area contributed by atoms with Crippen LogP contribution in [0.4, 0.5) is 5.69 Å². The number of halogens is 1. The number of carbonyl (C=O) groups excluding carboxylic acids is 1. The lowest BCUT2D eigenvalue weighted by molar-refractivity contribution is -0.131. The Morgan fingerprint density at radius 2 is 1.97 bits per heavy atom. The Labute approximate surface area is 184 Å². The predicted octanol–water partition coefficient (Wildman–Crippen LogP) is 3.07. The fourth-order valence-electron chi connectivity index (χ4n) is 3.88. The second-order valence-electron chi connectivity index (χ2n) is 7.33. The molecule has 31 heavy (non-hydrogen) atoms. The minimum atomic E-state index is -1.04. The lowest BCUT2D eigenvalue weighted by atomic mass is 9.96. The second-order valence-corrected chi connectivity index (χ2v) is 8.24. The number of anilines is 1. The topological polar surface area (TPSA) is 121 Å². The quantitative estimate of drug-likeness (QED) is 0.380. The number of nitrogens with one attached hydrogen (secondary N) is 2. The van der Waals surface area contributed by atoms with Crippen LogP contribution >= 0.6 is 15.9 Å². The molecule has 9 heteroatoms. The minimum Gasteiger partial charge on any atom is -0.478 e. The smallest absolute Gasteiger partial charge is 0.328 e. The van der Waals surface area contributed by atoms with Gasteiger partial charge in [0.05, 0.1) is 11.0 Å². The van der Waals surface area contributed by atoms with Crippen molar-refractivity contribution in [3.8, 4) is 0 Å². The summed E-state index contributed by atoms with van der Waals surface area (Å²) < 4.78 is 2.26. The van der Waals surface area contributed by atoms with Crippen molar-refractivity contribution in [2.45, 2.75) is 25.3 Å². The first kappa shape index (κ1) is 20.8. The number of hydrogen-bond acceptors (Lipinski definition) is 4. The van der Waals surface area contributed by atoms with E-state index < -0.39 is 23.1 Å². The highest BCUT2D eigenvalue weighted by molar-refractivity contribution is 9.10. The number of H-pyrrole nitrogens is 1. The summed E-state index contributed by atoms with van der Waals surface area (Å²) in [4.78, 5) is 50.6. The van der Waals surface area contributed by atoms with E-state index in [1.54, 1.807) is 30.3 Å². The van der Waals surface area contributed by atoms with Gasteiger partial charge in [-0.05, 0) is 54.3 Å². The Morgan fingerprint density at radius 1 is 1.23 bits per heavy atom. The molecule has 0 aliphatic carbocycles. The minimum absolute atomic E-state index is 0.0502. The Morgan fingerprint density at radius 3 is 2.68 bits per heavy atom. The molecule has 158 valence electrons. The molecule has 3 aromatic rings. The number of carboxylic acid groups (broad SMARTS) is 1. The molecular formula is C22H18BrN3O5. The van der Waals surface area contributed by atoms with E-state index in [9.17, 15) is 19.2 Å². The van der Waals surface area contributed by atoms with Crippen molar-refractivity contribution in [2.24, 2.45) is 0 Å². The molecular weight excluding hydrogens is 466 g/mol. The molecule has 1 aliphatic rings. The summed E-state index contributed by atoms with van der Waals surface area (Å²) >= 11 is 3.42. The van der Waals surface area contributed by atoms with Gasteiger partial charge in [-0.3, -0.25) is 19.0 Å². The number of benzene rings is 2. The Hall–Kier alpha value is -3.46. The third-order valence-corrected chi connectivity index (χ3v) is 5.66. The van der Waals surface area contributed by atoms with E-state index in [1.165, 1.54) is 10.6 Å². The third-order valence-electron chi connectivity index (χ3n) is 5.20. The first-order valence-electron chi connectivity index (χ1n) is 9.59. The van der Waals surface area contributed by atoms with Crippen LogP contribution in [0.1, 0.15) is 30.0 Å². The first-order valence-corrected chi connectivity index (χ1v) is 10.4. The number of aromatic amines is 1. The van der Waals surface area contributed by atoms with Gasteiger partial charge in [0.2, 0.25) is 5.91 Å². The molecule has 0 saturated carbocycles. The lowest BCUT2D eigenvalue weighted by Gasteiger charge is -2.27. The van der Waals surface area contributed by atoms with Crippen molar-refractivity contribution in [1.29, 1.82) is 0 Å². The van der Waals surface area contributed by atoms with Crippen LogP contribution in [0.2, 0.25) is 0 Å². The molecule has 8 nitrogen and oxygen atoms in total. The van der Waals surface area contributed by atoms with E-state index in [-0.39, 0.29) is 12.3 Å². The fourth-order valence-corrected chi connectivity index (χ4v) is 4.38. The number of aryl methyl sites for hydroxylation is 1. The molecule has 0 fully saturated rings. The summed E-state index contributed by atoms with van der Waals surface area (Å²) in [6.07, 6.45) is 3.79. The molecule has 2 aromatic carbocycles. The average Bonchev–Trinajstić information content (AvgIpc) is 2.72. The summed E-state index contributed by atoms with van der Waals surface area (Å²) in [6, 6.07) is 9.97. The van der Waals surface area contributed by atoms with Gasteiger partial charge < -0.3 is 15.4 Å². The lowest BCUT2D eigenvalue weighted by Crippen LogP contribution is -2.41. The second kappa shape index (κ2) is 8.35. The summed E-state index contributed by atoms with van der Waals surface area (Å²) in [5, 5.41) is 11.5. The van der Waals surface area contributed by atoms with Crippen LogP contribution in [-0.2, 0) is 16.0 Å². The SMILES string of the molecule is O=C(O)/C=C/c1ccc(NC(=O)CC2CCc3cc(Br)cc4[nH]c(=O)c(=O)n2c34)cc1. The van der Waals surface area contributed by atoms with Gasteiger partial charge in [0, 0.05) is 28.7 Å². The van der Waals surface area contributed by atoms with Crippen molar-refractivity contribution in [2.75, 3.05) is 5.32 Å². The van der Waals surface area contributed by atoms with Gasteiger partial charge in [-0.25, -0.2) is 4.79 Å². The van der Waals surface area contributed by atoms with E-state index in [2.05, 4.69) is 26.2 Å². The number of carbonyl (C=O) groups is 2. The Bertz CT molecular complexity index is 1340. The van der Waals surface area contributed by atoms with Crippen LogP contribution in [0.25, 0.3) is 17.1 Å². The molecule has 1 unspecified atom stereocenters. The van der Waals surface area contributed by atoms with Gasteiger partial charge in [-0.15, -0.1) is 0 Å². The van der Waals surface area contributed by atoms with Gasteiger partial charge in [-0.2, -0.15) is 0 Å². The Kier molecular flexibility index (Phi) is 5.60. The zero-order chi connectivity index (χ0) is 22.1. The van der Waals surface area contributed by atoms with Gasteiger partial charge in [-0.1, -0.05) is 28.1 Å². The standard InChI is InChI=1S/C22H18BrN3O5/c23-14-9-13-4-7-16(26-20(13)17(10-14)25-21(30)22(26)31)11-18(27)24-15-5-1-12(2-6-15)3-8-19(28)29/h1-3,5-6,8-10,16H,4,7,11H2,(H,24,27)(H,25,30)(H,28,29)/b8-3+. The molecule has 0 bridgehead atoms. The van der Waals surface area contributed by atoms with Crippen molar-refractivity contribution < 1.29 is 14.7 Å². The maximum Gasteiger partial charge on any atom is 0.328 e. The highest BCUT2D eigenvalue weighted by Crippen LogP contribution is 2.32. The third kappa shape index (κ3) is 4.36. The van der Waals surface area contributed by atoms with Crippen LogP contribution in [0, 0.1) is 0 Å². The molecule has 0 spiro atoms. The molecule has 1 amide bonds. The van der Waals surface area contributed by atoms with Gasteiger partial charge in [0.15, 0.2) is 0 Å². The number of carboxylic acids is 1. The summed E-state index contributed by atoms with van der Waals surface area (Å²) in [5.41, 5.74) is 2.03. The summed E-state index contributed by atoms with van der Waals surface area (Å²) in [7, 11) is 0. The van der Waals surface area contributed by atoms with E-state index in [0.29, 0.717) is 35.1 Å². The summed E-state index contributed by atoms with van der Waals surface area (Å²) in [6.45, 7) is 0. The van der Waals surface area contributed by atoms with Crippen LogP contribution in [-0.4, -0.2) is 26.5 Å². The van der Waals surface area contributed by atoms with Crippen LogP contribution in [0.15, 0.2) is 56.5 Å². The molecule has 4 rings (SSSR count). The number of aliphatic carboxylic acids is 1. The maximum atomic E-state index is 12.7. The highest BCUT2D eigenvalue weighted by atomic mass is 79.9. The van der Waals surface area contributed by atoms with Gasteiger partial charge in [0.25, 0.3) is 0 Å². The fraction of sp³-hybridized carbons (Fsp3) is 0.182. The molecule has 0 radical (unpaired) electrons. The van der Waals surface area contributed by atoms with Crippen molar-refractivity contribution in [3.05, 3.63) is 78.8 Å². The van der Waals surface area contributed by atoms with Crippen molar-refractivity contribution in [1.82, 2.24) is 9.55 Å². The van der Waals surface area contributed by atoms with Crippen LogP contribution in [0.3, 0.4) is 0 Å². The van der Waals surface area contributed by atoms with E-state index in [1.807, 2.05) is 6.07 Å². The van der Waals surface area contributed by atoms with E-state index >= 15 is 0 Å². The Balaban J connectivity index is 1.56. The zero-order valence-electron chi connectivity index (χ0n) is 16.2. The van der Waals surface area contributed by atoms with E-state index in [4.69, 9.17) is 5.11 Å². The first-order chi connectivity index (χ1) is 14.8. The van der Waals surface area contributed by atoms with Gasteiger partial charge >= 0.3 is 17.1 Å². The molecule has 1 aliphatic heterocycles. The summed E-state index contributed by atoms with van der Waals surface area (Å²) in [5.74, 6) is -1.32. The number of hydrogen-bond donors (Lipinski definition) is 3. The predicted molar refractivity (Wildman–Crippen MR) is 120 cm³/mol. The molecule has 2 heterocycles. The normalized spacial score (nSPS) is 15.3. The molecule has 0 saturated heterocycles. The largest absolute Gasteiger partial charge is 0.478 e. The number of nitrogens with zero attached hydrogens (tertiary/aromatic N) is 1. The van der Waals surface area contributed by atoms with Crippen LogP contribution < -0.4 is 16.4 Å². The van der Waals surface area contributed by atoms with Gasteiger partial charge in [0.1, 0.15) is 0 Å². The number of rotatable bonds is 5. The monoisotopic (exact) mass is 483 g/mol. The molecule has 1 aromatic heterocycles. The number of amides is 1. The number of aromatic nitrogens is 2. The zero-order valence-corrected chi connectivity index (χ0v) is 17.8. The molecule has 1 atom stereocenters. The van der Waals surface area contributed by atoms with E-state index in [0.717, 1.165) is 16.1 Å². The van der Waals surface area contributed by atoms with Crippen molar-refractivity contribution in [3.63, 3.8) is 0 Å². The molecule has 3 N–H and O–H groups in total. The van der Waals surface area contributed by atoms with Crippen molar-refractivity contribution >= 4 is 50.6 Å². The van der Waals surface area contributed by atoms with Crippen LogP contribution in [0.5, 0.6) is 0 Å². The maximum absolute atomic E-state index is 12.7. The average molecular weight is 484 g/mol.